The molecule has 60 valence electrons. The Kier molecular flexibility index (Phi) is 3.26. The van der Waals surface area contributed by atoms with Crippen molar-refractivity contribution in [3.8, 4) is 0 Å². The Morgan fingerprint density at radius 1 is 1.27 bits per heavy atom. The fourth-order valence-corrected chi connectivity index (χ4v) is 1.17. The second-order valence-electron chi connectivity index (χ2n) is 2.32. The van der Waals surface area contributed by atoms with Gasteiger partial charge in [-0.1, -0.05) is 12.1 Å². The van der Waals surface area contributed by atoms with E-state index in [-0.39, 0.29) is 0 Å². The van der Waals surface area contributed by atoms with E-state index in [1.54, 1.807) is 0 Å². The smallest absolute Gasteiger partial charge is 0.0314 e. The van der Waals surface area contributed by atoms with Crippen LogP contribution in [0.3, 0.4) is 0 Å². The van der Waals surface area contributed by atoms with Gasteiger partial charge in [0.2, 0.25) is 0 Å². The van der Waals surface area contributed by atoms with Crippen LogP contribution in [0.4, 0.5) is 5.69 Å². The predicted octanol–water partition coefficient (Wildman–Crippen LogP) is 2.02. The average molecular weight is 169 g/mol. The molecule has 0 saturated carbocycles. The zero-order valence-electron chi connectivity index (χ0n) is 6.16. The number of anilines is 1. The molecule has 0 heterocycles. The second-order valence-corrected chi connectivity index (χ2v) is 2.99. The van der Waals surface area contributed by atoms with E-state index in [0.29, 0.717) is 0 Å². The number of rotatable bonds is 3. The van der Waals surface area contributed by atoms with Gasteiger partial charge in [0, 0.05) is 11.4 Å². The highest BCUT2D eigenvalue weighted by atomic mass is 32.2. The van der Waals surface area contributed by atoms with Gasteiger partial charge in [-0.3, -0.25) is 0 Å². The summed E-state index contributed by atoms with van der Waals surface area (Å²) in [5.74, 6) is 0.740. The van der Waals surface area contributed by atoms with E-state index in [0.717, 1.165) is 29.9 Å². The summed E-state index contributed by atoms with van der Waals surface area (Å²) in [4.78, 5) is 0. The van der Waals surface area contributed by atoms with Gasteiger partial charge in [-0.2, -0.15) is 0 Å². The number of hydrogen-bond acceptors (Lipinski definition) is 3. The minimum Gasteiger partial charge on any atom is -0.399 e. The highest BCUT2D eigenvalue weighted by Gasteiger charge is 1.91. The van der Waals surface area contributed by atoms with Crippen molar-refractivity contribution >= 4 is 17.7 Å². The van der Waals surface area contributed by atoms with Crippen LogP contribution in [0.15, 0.2) is 24.3 Å². The normalized spacial score (nSPS) is 9.91. The Labute approximate surface area is 70.6 Å². The monoisotopic (exact) mass is 169 g/mol. The first kappa shape index (κ1) is 8.43. The summed E-state index contributed by atoms with van der Waals surface area (Å²) in [5.41, 5.74) is 7.49. The van der Waals surface area contributed by atoms with Crippen LogP contribution in [0.5, 0.6) is 0 Å². The number of hydrogen-bond donors (Lipinski definition) is 2. The zero-order chi connectivity index (χ0) is 8.10. The zero-order valence-corrected chi connectivity index (χ0v) is 6.97. The molecule has 0 bridgehead atoms. The lowest BCUT2D eigenvalue weighted by Crippen LogP contribution is -1.89. The van der Waals surface area contributed by atoms with E-state index in [4.69, 9.17) is 10.3 Å². The Bertz CT molecular complexity index is 210. The van der Waals surface area contributed by atoms with Gasteiger partial charge < -0.3 is 10.3 Å². The maximum Gasteiger partial charge on any atom is 0.0314 e. The minimum absolute atomic E-state index is 0.740. The van der Waals surface area contributed by atoms with Gasteiger partial charge in [0.15, 0.2) is 0 Å². The van der Waals surface area contributed by atoms with Crippen LogP contribution in [0.2, 0.25) is 0 Å². The van der Waals surface area contributed by atoms with Gasteiger partial charge in [0.1, 0.15) is 0 Å². The lowest BCUT2D eigenvalue weighted by atomic mass is 10.2. The van der Waals surface area contributed by atoms with Crippen molar-refractivity contribution in [1.29, 1.82) is 0 Å². The van der Waals surface area contributed by atoms with Crippen LogP contribution in [0.25, 0.3) is 0 Å². The molecule has 0 aliphatic rings. The maximum atomic E-state index is 8.47. The quantitative estimate of drug-likeness (QED) is 0.537. The predicted molar refractivity (Wildman–Crippen MR) is 49.6 cm³/mol. The number of nitrogen functional groups attached to an aromatic ring is 1. The molecule has 11 heavy (non-hydrogen) atoms. The molecular formula is C8H11NOS. The Hall–Kier alpha value is -0.670. The highest BCUT2D eigenvalue weighted by molar-refractivity contribution is 7.93. The van der Waals surface area contributed by atoms with E-state index in [2.05, 4.69) is 0 Å². The second kappa shape index (κ2) is 4.26. The summed E-state index contributed by atoms with van der Waals surface area (Å²) in [7, 11) is 0. The summed E-state index contributed by atoms with van der Waals surface area (Å²) in [5, 5.41) is 0. The average Bonchev–Trinajstić information content (AvgIpc) is 2.04. The van der Waals surface area contributed by atoms with Crippen LogP contribution in [0, 0.1) is 0 Å². The van der Waals surface area contributed by atoms with Gasteiger partial charge in [-0.25, -0.2) is 0 Å². The van der Waals surface area contributed by atoms with Gasteiger partial charge >= 0.3 is 0 Å². The van der Waals surface area contributed by atoms with Gasteiger partial charge in [0.25, 0.3) is 0 Å². The molecule has 0 fully saturated rings. The highest BCUT2D eigenvalue weighted by Crippen LogP contribution is 2.07. The van der Waals surface area contributed by atoms with Crippen molar-refractivity contribution in [2.75, 3.05) is 11.5 Å². The summed E-state index contributed by atoms with van der Waals surface area (Å²) < 4.78 is 8.47. The van der Waals surface area contributed by atoms with Crippen LogP contribution in [-0.2, 0) is 6.42 Å². The molecule has 0 unspecified atom stereocenters. The van der Waals surface area contributed by atoms with Crippen molar-refractivity contribution in [1.82, 2.24) is 0 Å². The SMILES string of the molecule is Nc1ccc(CCSO)cc1. The third-order valence-corrected chi connectivity index (χ3v) is 1.85. The molecular weight excluding hydrogens is 158 g/mol. The first-order valence-electron chi connectivity index (χ1n) is 3.43. The van der Waals surface area contributed by atoms with Crippen molar-refractivity contribution in [2.45, 2.75) is 6.42 Å². The first-order chi connectivity index (χ1) is 5.33. The molecule has 3 N–H and O–H groups in total. The van der Waals surface area contributed by atoms with E-state index < -0.39 is 0 Å². The third-order valence-electron chi connectivity index (χ3n) is 1.46. The van der Waals surface area contributed by atoms with Crippen LogP contribution < -0.4 is 5.73 Å². The fourth-order valence-electron chi connectivity index (χ4n) is 0.848. The van der Waals surface area contributed by atoms with Crippen LogP contribution >= 0.6 is 12.0 Å². The Morgan fingerprint density at radius 3 is 2.45 bits per heavy atom. The summed E-state index contributed by atoms with van der Waals surface area (Å²) in [6.45, 7) is 0. The summed E-state index contributed by atoms with van der Waals surface area (Å²) >= 11 is 0.869. The molecule has 0 amide bonds. The number of nitrogens with two attached hydrogens (primary N) is 1. The molecule has 0 aromatic heterocycles. The van der Waals surface area contributed by atoms with Gasteiger partial charge in [-0.15, -0.1) is 0 Å². The molecule has 1 rings (SSSR count). The standard InChI is InChI=1S/C8H11NOS/c9-8-3-1-7(2-4-8)5-6-11-10/h1-4,10H,5-6,9H2. The summed E-state index contributed by atoms with van der Waals surface area (Å²) in [6, 6.07) is 7.70. The van der Waals surface area contributed by atoms with Gasteiger partial charge in [-0.05, 0) is 36.2 Å². The molecule has 0 atom stereocenters. The van der Waals surface area contributed by atoms with Crippen LogP contribution in [0.1, 0.15) is 5.56 Å². The lowest BCUT2D eigenvalue weighted by Gasteiger charge is -1.98. The Morgan fingerprint density at radius 2 is 1.91 bits per heavy atom. The van der Waals surface area contributed by atoms with Gasteiger partial charge in [0.05, 0.1) is 0 Å². The number of benzene rings is 1. The van der Waals surface area contributed by atoms with Crippen LogP contribution in [-0.4, -0.2) is 10.3 Å². The molecule has 2 nitrogen and oxygen atoms in total. The molecule has 1 aromatic carbocycles. The Balaban J connectivity index is 2.52. The lowest BCUT2D eigenvalue weighted by molar-refractivity contribution is 0.663. The topological polar surface area (TPSA) is 46.2 Å². The number of aryl methyl sites for hydroxylation is 1. The molecule has 3 heteroatoms. The van der Waals surface area contributed by atoms with E-state index in [1.165, 1.54) is 5.56 Å². The first-order valence-corrected chi connectivity index (χ1v) is 4.38. The molecule has 0 spiro atoms. The largest absolute Gasteiger partial charge is 0.399 e. The maximum absolute atomic E-state index is 8.47. The molecule has 1 aromatic rings. The fraction of sp³-hybridized carbons (Fsp3) is 0.250. The van der Waals surface area contributed by atoms with E-state index in [1.807, 2.05) is 24.3 Å². The molecule has 0 aliphatic heterocycles. The third kappa shape index (κ3) is 2.82. The molecule has 0 radical (unpaired) electrons. The molecule has 0 aliphatic carbocycles. The summed E-state index contributed by atoms with van der Waals surface area (Å²) in [6.07, 6.45) is 0.890. The van der Waals surface area contributed by atoms with E-state index >= 15 is 0 Å². The molecule has 0 saturated heterocycles. The van der Waals surface area contributed by atoms with Crippen molar-refractivity contribution in [3.05, 3.63) is 29.8 Å². The minimum atomic E-state index is 0.740. The van der Waals surface area contributed by atoms with Crippen molar-refractivity contribution in [2.24, 2.45) is 0 Å². The van der Waals surface area contributed by atoms with Crippen molar-refractivity contribution in [3.63, 3.8) is 0 Å². The van der Waals surface area contributed by atoms with Crippen molar-refractivity contribution < 1.29 is 4.55 Å². The van der Waals surface area contributed by atoms with E-state index in [9.17, 15) is 0 Å².